The Hall–Kier alpha value is -0.640. The highest BCUT2D eigenvalue weighted by atomic mass is 79.9. The lowest BCUT2D eigenvalue weighted by molar-refractivity contribution is 0.177. The predicted octanol–water partition coefficient (Wildman–Crippen LogP) is 1.20. The zero-order valence-corrected chi connectivity index (χ0v) is 11.4. The second-order valence-corrected chi connectivity index (χ2v) is 6.06. The van der Waals surface area contributed by atoms with Crippen molar-refractivity contribution < 1.29 is 17.9 Å². The molecule has 6 nitrogen and oxygen atoms in total. The van der Waals surface area contributed by atoms with Crippen LogP contribution < -0.4 is 9.44 Å². The van der Waals surface area contributed by atoms with Crippen LogP contribution in [0.1, 0.15) is 4.88 Å². The molecule has 90 valence electrons. The van der Waals surface area contributed by atoms with Crippen molar-refractivity contribution in [3.8, 4) is 0 Å². The van der Waals surface area contributed by atoms with Gasteiger partial charge in [-0.3, -0.25) is 0 Å². The van der Waals surface area contributed by atoms with E-state index >= 15 is 0 Å². The van der Waals surface area contributed by atoms with Gasteiger partial charge in [-0.1, -0.05) is 0 Å². The van der Waals surface area contributed by atoms with Gasteiger partial charge in [0.1, 0.15) is 0 Å². The highest BCUT2D eigenvalue weighted by Gasteiger charge is 2.14. The van der Waals surface area contributed by atoms with Crippen molar-refractivity contribution in [2.24, 2.45) is 0 Å². The zero-order chi connectivity index (χ0) is 12.2. The number of nitrogens with one attached hydrogen (secondary N) is 2. The molecular formula is C7H9BrN2O4S2. The molecule has 1 aromatic rings. The molecule has 0 radical (unpaired) electrons. The van der Waals surface area contributed by atoms with E-state index in [9.17, 15) is 13.2 Å². The summed E-state index contributed by atoms with van der Waals surface area (Å²) in [6, 6.07) is 1.78. The van der Waals surface area contributed by atoms with Crippen LogP contribution in [0.25, 0.3) is 0 Å². The average Bonchev–Trinajstić information content (AvgIpc) is 2.61. The molecule has 0 bridgehead atoms. The summed E-state index contributed by atoms with van der Waals surface area (Å²) in [6.45, 7) is 0.114. The summed E-state index contributed by atoms with van der Waals surface area (Å²) < 4.78 is 31.4. The Morgan fingerprint density at radius 2 is 2.31 bits per heavy atom. The van der Waals surface area contributed by atoms with E-state index in [0.717, 1.165) is 16.5 Å². The third-order valence-electron chi connectivity index (χ3n) is 1.46. The molecule has 0 aliphatic rings. The van der Waals surface area contributed by atoms with E-state index in [0.29, 0.717) is 0 Å². The summed E-state index contributed by atoms with van der Waals surface area (Å²) in [4.78, 5) is 11.5. The molecule has 16 heavy (non-hydrogen) atoms. The molecular weight excluding hydrogens is 320 g/mol. The molecule has 0 aliphatic heterocycles. The summed E-state index contributed by atoms with van der Waals surface area (Å²) in [5.74, 6) is 0. The van der Waals surface area contributed by atoms with Gasteiger partial charge < -0.3 is 4.74 Å². The van der Waals surface area contributed by atoms with E-state index in [1.807, 2.05) is 5.38 Å². The highest BCUT2D eigenvalue weighted by Crippen LogP contribution is 2.19. The van der Waals surface area contributed by atoms with Crippen LogP contribution >= 0.6 is 27.3 Å². The van der Waals surface area contributed by atoms with Crippen LogP contribution in [0.15, 0.2) is 15.9 Å². The van der Waals surface area contributed by atoms with Gasteiger partial charge in [0.25, 0.3) is 0 Å². The van der Waals surface area contributed by atoms with E-state index in [2.05, 4.69) is 25.4 Å². The van der Waals surface area contributed by atoms with Crippen molar-refractivity contribution in [1.82, 2.24) is 9.44 Å². The third kappa shape index (κ3) is 4.47. The monoisotopic (exact) mass is 328 g/mol. The molecule has 0 spiro atoms. The summed E-state index contributed by atoms with van der Waals surface area (Å²) in [6.07, 6.45) is -1.03. The first-order valence-electron chi connectivity index (χ1n) is 4.01. The largest absolute Gasteiger partial charge is 0.452 e. The van der Waals surface area contributed by atoms with Gasteiger partial charge in [0, 0.05) is 21.3 Å². The van der Waals surface area contributed by atoms with Crippen LogP contribution in [-0.4, -0.2) is 21.6 Å². The van der Waals surface area contributed by atoms with Crippen LogP contribution in [0.5, 0.6) is 0 Å². The molecule has 0 aromatic carbocycles. The zero-order valence-electron chi connectivity index (χ0n) is 8.19. The van der Waals surface area contributed by atoms with Crippen molar-refractivity contribution in [2.75, 3.05) is 7.11 Å². The van der Waals surface area contributed by atoms with Crippen LogP contribution in [0.3, 0.4) is 0 Å². The first-order chi connectivity index (χ1) is 7.43. The second kappa shape index (κ2) is 5.62. The molecule has 9 heteroatoms. The Morgan fingerprint density at radius 3 is 2.81 bits per heavy atom. The van der Waals surface area contributed by atoms with Crippen molar-refractivity contribution in [2.45, 2.75) is 6.54 Å². The molecule has 0 saturated carbocycles. The Bertz CT molecular complexity index is 470. The van der Waals surface area contributed by atoms with E-state index in [4.69, 9.17) is 0 Å². The maximum Gasteiger partial charge on any atom is 0.421 e. The molecule has 0 unspecified atom stereocenters. The van der Waals surface area contributed by atoms with Gasteiger partial charge in [-0.15, -0.1) is 11.3 Å². The van der Waals surface area contributed by atoms with Crippen molar-refractivity contribution in [3.63, 3.8) is 0 Å². The van der Waals surface area contributed by atoms with E-state index in [1.165, 1.54) is 11.3 Å². The van der Waals surface area contributed by atoms with E-state index in [-0.39, 0.29) is 6.54 Å². The van der Waals surface area contributed by atoms with E-state index < -0.39 is 16.3 Å². The molecule has 0 aliphatic carbocycles. The van der Waals surface area contributed by atoms with Gasteiger partial charge >= 0.3 is 16.3 Å². The highest BCUT2D eigenvalue weighted by molar-refractivity contribution is 9.10. The predicted molar refractivity (Wildman–Crippen MR) is 63.3 cm³/mol. The SMILES string of the molecule is COC(=O)NS(=O)(=O)NCc1cc(Br)cs1. The quantitative estimate of drug-likeness (QED) is 0.869. The van der Waals surface area contributed by atoms with Gasteiger partial charge in [0.05, 0.1) is 7.11 Å². The van der Waals surface area contributed by atoms with Crippen LogP contribution in [0, 0.1) is 0 Å². The number of halogens is 1. The average molecular weight is 329 g/mol. The minimum absolute atomic E-state index is 0.114. The number of methoxy groups -OCH3 is 1. The number of ether oxygens (including phenoxy) is 1. The maximum absolute atomic E-state index is 11.2. The number of hydrogen-bond donors (Lipinski definition) is 2. The summed E-state index contributed by atoms with van der Waals surface area (Å²) in [7, 11) is -2.78. The number of thiophene rings is 1. The van der Waals surface area contributed by atoms with Crippen LogP contribution in [0.2, 0.25) is 0 Å². The first kappa shape index (κ1) is 13.4. The Labute approximate surface area is 105 Å². The fourth-order valence-corrected chi connectivity index (χ4v) is 3.00. The van der Waals surface area contributed by atoms with Crippen molar-refractivity contribution in [1.29, 1.82) is 0 Å². The Morgan fingerprint density at radius 1 is 1.62 bits per heavy atom. The Kier molecular flexibility index (Phi) is 4.71. The molecule has 1 heterocycles. The maximum atomic E-state index is 11.2. The van der Waals surface area contributed by atoms with Gasteiger partial charge in [-0.25, -0.2) is 9.52 Å². The molecule has 1 amide bonds. The molecule has 1 aromatic heterocycles. The van der Waals surface area contributed by atoms with Crippen LogP contribution in [0.4, 0.5) is 4.79 Å². The fraction of sp³-hybridized carbons (Fsp3) is 0.286. The standard InChI is InChI=1S/C7H9BrN2O4S2/c1-14-7(11)10-16(12,13)9-3-6-2-5(8)4-15-6/h2,4,9H,3H2,1H3,(H,10,11). The molecule has 0 atom stereocenters. The fourth-order valence-electron chi connectivity index (χ4n) is 0.800. The van der Waals surface area contributed by atoms with Crippen LogP contribution in [-0.2, 0) is 21.5 Å². The van der Waals surface area contributed by atoms with Gasteiger partial charge in [0.15, 0.2) is 0 Å². The van der Waals surface area contributed by atoms with Crippen molar-refractivity contribution in [3.05, 3.63) is 20.8 Å². The van der Waals surface area contributed by atoms with Gasteiger partial charge in [-0.05, 0) is 22.0 Å². The summed E-state index contributed by atoms with van der Waals surface area (Å²) in [5, 5.41) is 1.83. The first-order valence-corrected chi connectivity index (χ1v) is 7.17. The van der Waals surface area contributed by atoms with Gasteiger partial charge in [-0.2, -0.15) is 13.1 Å². The number of rotatable bonds is 4. The topological polar surface area (TPSA) is 84.5 Å². The lowest BCUT2D eigenvalue weighted by Gasteiger charge is -2.05. The normalized spacial score (nSPS) is 11.1. The second-order valence-electron chi connectivity index (χ2n) is 2.65. The summed E-state index contributed by atoms with van der Waals surface area (Å²) >= 11 is 4.64. The molecule has 0 fully saturated rings. The smallest absolute Gasteiger partial charge is 0.421 e. The Balaban J connectivity index is 2.51. The van der Waals surface area contributed by atoms with E-state index in [1.54, 1.807) is 10.8 Å². The number of carbonyl (C=O) groups excluding carboxylic acids is 1. The molecule has 2 N–H and O–H groups in total. The molecule has 1 rings (SSSR count). The lowest BCUT2D eigenvalue weighted by Crippen LogP contribution is -2.39. The number of amides is 1. The minimum atomic E-state index is -3.87. The van der Waals surface area contributed by atoms with Crippen molar-refractivity contribution >= 4 is 43.6 Å². The van der Waals surface area contributed by atoms with Gasteiger partial charge in [0.2, 0.25) is 0 Å². The number of hydrogen-bond acceptors (Lipinski definition) is 5. The lowest BCUT2D eigenvalue weighted by atomic mass is 10.5. The summed E-state index contributed by atoms with van der Waals surface area (Å²) in [5.41, 5.74) is 0. The minimum Gasteiger partial charge on any atom is -0.452 e. The third-order valence-corrected chi connectivity index (χ3v) is 4.12. The number of carbonyl (C=O) groups is 1. The molecule has 0 saturated heterocycles.